The molecular formula is C16H26N6O2S. The van der Waals surface area contributed by atoms with Gasteiger partial charge in [-0.2, -0.15) is 10.2 Å². The van der Waals surface area contributed by atoms with Crippen LogP contribution in [0, 0.1) is 0 Å². The van der Waals surface area contributed by atoms with Gasteiger partial charge in [0.05, 0.1) is 36.4 Å². The minimum atomic E-state index is -3.21. The highest BCUT2D eigenvalue weighted by Gasteiger charge is 2.21. The quantitative estimate of drug-likeness (QED) is 0.822. The van der Waals surface area contributed by atoms with Crippen molar-refractivity contribution >= 4 is 10.0 Å². The van der Waals surface area contributed by atoms with Gasteiger partial charge in [-0.1, -0.05) is 20.8 Å². The number of aromatic nitrogens is 4. The lowest BCUT2D eigenvalue weighted by Crippen LogP contribution is -2.33. The molecule has 0 saturated heterocycles. The predicted molar refractivity (Wildman–Crippen MR) is 95.3 cm³/mol. The summed E-state index contributed by atoms with van der Waals surface area (Å²) in [5, 5.41) is 12.0. The van der Waals surface area contributed by atoms with Gasteiger partial charge in [0.25, 0.3) is 0 Å². The maximum Gasteiger partial charge on any atom is 0.209 e. The van der Waals surface area contributed by atoms with Crippen LogP contribution in [0.3, 0.4) is 0 Å². The average molecular weight is 366 g/mol. The van der Waals surface area contributed by atoms with Gasteiger partial charge in [-0.05, 0) is 12.1 Å². The lowest BCUT2D eigenvalue weighted by molar-refractivity contribution is 0.203. The van der Waals surface area contributed by atoms with Gasteiger partial charge in [-0.15, -0.1) is 0 Å². The second-order valence-electron chi connectivity index (χ2n) is 7.68. The molecule has 1 aliphatic rings. The molecule has 0 atom stereocenters. The van der Waals surface area contributed by atoms with Gasteiger partial charge in [-0.25, -0.2) is 13.1 Å². The fourth-order valence-electron chi connectivity index (χ4n) is 2.87. The van der Waals surface area contributed by atoms with Crippen LogP contribution in [0.15, 0.2) is 12.1 Å². The second-order valence-corrected chi connectivity index (χ2v) is 9.52. The zero-order valence-electron chi connectivity index (χ0n) is 15.2. The van der Waals surface area contributed by atoms with Crippen LogP contribution in [-0.4, -0.2) is 46.1 Å². The number of hydrogen-bond acceptors (Lipinski definition) is 5. The standard InChI is InChI=1S/C16H26N6O2S/c1-16(2,3)15-8-13(18-19-15)10-21-5-6-22-14(11-21)7-12(20-22)9-17-25(4,23)24/h7-8,17H,5-6,9-11H2,1-4H3,(H,18,19). The number of hydrogen-bond donors (Lipinski definition) is 2. The molecule has 0 aliphatic carbocycles. The van der Waals surface area contributed by atoms with E-state index in [4.69, 9.17) is 0 Å². The van der Waals surface area contributed by atoms with Crippen LogP contribution < -0.4 is 4.72 Å². The Morgan fingerprint density at radius 3 is 2.68 bits per heavy atom. The third-order valence-electron chi connectivity index (χ3n) is 4.24. The molecule has 0 spiro atoms. The lowest BCUT2D eigenvalue weighted by atomic mass is 9.92. The summed E-state index contributed by atoms with van der Waals surface area (Å²) in [5.41, 5.74) is 4.07. The van der Waals surface area contributed by atoms with E-state index in [0.29, 0.717) is 0 Å². The van der Waals surface area contributed by atoms with Crippen molar-refractivity contribution in [1.82, 2.24) is 29.6 Å². The lowest BCUT2D eigenvalue weighted by Gasteiger charge is -2.26. The molecule has 25 heavy (non-hydrogen) atoms. The Labute approximate surface area is 148 Å². The van der Waals surface area contributed by atoms with E-state index in [1.165, 1.54) is 0 Å². The number of fused-ring (bicyclic) bond motifs is 1. The second kappa shape index (κ2) is 6.54. The highest BCUT2D eigenvalue weighted by molar-refractivity contribution is 7.88. The number of nitrogens with zero attached hydrogens (tertiary/aromatic N) is 4. The number of H-pyrrole nitrogens is 1. The van der Waals surface area contributed by atoms with Gasteiger partial charge in [0, 0.05) is 30.7 Å². The van der Waals surface area contributed by atoms with Crippen LogP contribution in [0.1, 0.15) is 43.5 Å². The van der Waals surface area contributed by atoms with Crippen molar-refractivity contribution in [3.05, 3.63) is 34.9 Å². The Balaban J connectivity index is 1.63. The van der Waals surface area contributed by atoms with Gasteiger partial charge >= 0.3 is 0 Å². The maximum absolute atomic E-state index is 11.2. The zero-order chi connectivity index (χ0) is 18.2. The average Bonchev–Trinajstić information content (AvgIpc) is 3.10. The third kappa shape index (κ3) is 4.68. The molecule has 3 rings (SSSR count). The smallest absolute Gasteiger partial charge is 0.209 e. The van der Waals surface area contributed by atoms with Gasteiger partial charge in [-0.3, -0.25) is 14.7 Å². The topological polar surface area (TPSA) is 95.9 Å². The first-order chi connectivity index (χ1) is 11.6. The SMILES string of the molecule is CC(C)(C)c1cc(CN2CCn3nc(CNS(C)(=O)=O)cc3C2)[nH]n1. The molecule has 8 nitrogen and oxygen atoms in total. The van der Waals surface area contributed by atoms with Crippen molar-refractivity contribution in [2.75, 3.05) is 12.8 Å². The van der Waals surface area contributed by atoms with Crippen LogP contribution in [-0.2, 0) is 41.6 Å². The van der Waals surface area contributed by atoms with Gasteiger partial charge in [0.1, 0.15) is 0 Å². The van der Waals surface area contributed by atoms with Crippen molar-refractivity contribution < 1.29 is 8.42 Å². The molecule has 1 aliphatic heterocycles. The summed E-state index contributed by atoms with van der Waals surface area (Å²) in [4.78, 5) is 2.34. The summed E-state index contributed by atoms with van der Waals surface area (Å²) in [6.45, 7) is 9.98. The first-order valence-corrected chi connectivity index (χ1v) is 10.3. The molecule has 3 heterocycles. The van der Waals surface area contributed by atoms with Crippen molar-refractivity contribution in [2.24, 2.45) is 0 Å². The highest BCUT2D eigenvalue weighted by atomic mass is 32.2. The molecule has 2 aromatic heterocycles. The van der Waals surface area contributed by atoms with Crippen molar-refractivity contribution in [1.29, 1.82) is 0 Å². The Hall–Kier alpha value is -1.71. The van der Waals surface area contributed by atoms with Crippen LogP contribution in [0.25, 0.3) is 0 Å². The summed E-state index contributed by atoms with van der Waals surface area (Å²) in [5.74, 6) is 0. The largest absolute Gasteiger partial charge is 0.290 e. The molecule has 0 fully saturated rings. The Bertz CT molecular complexity index is 846. The number of nitrogens with one attached hydrogen (secondary N) is 2. The van der Waals surface area contributed by atoms with Crippen molar-refractivity contribution in [2.45, 2.75) is 52.4 Å². The van der Waals surface area contributed by atoms with E-state index in [0.717, 1.165) is 55.2 Å². The molecule has 2 N–H and O–H groups in total. The molecule has 0 unspecified atom stereocenters. The number of aromatic amines is 1. The molecule has 0 radical (unpaired) electrons. The predicted octanol–water partition coefficient (Wildman–Crippen LogP) is 0.969. The first-order valence-electron chi connectivity index (χ1n) is 8.37. The minimum Gasteiger partial charge on any atom is -0.290 e. The summed E-state index contributed by atoms with van der Waals surface area (Å²) in [6, 6.07) is 4.10. The Morgan fingerprint density at radius 1 is 1.28 bits per heavy atom. The van der Waals surface area contributed by atoms with E-state index in [-0.39, 0.29) is 12.0 Å². The highest BCUT2D eigenvalue weighted by Crippen LogP contribution is 2.22. The molecule has 138 valence electrons. The zero-order valence-corrected chi connectivity index (χ0v) is 16.0. The first kappa shape index (κ1) is 18.1. The molecule has 0 saturated carbocycles. The van der Waals surface area contributed by atoms with Crippen LogP contribution in [0.5, 0.6) is 0 Å². The number of rotatable bonds is 5. The summed E-state index contributed by atoms with van der Waals surface area (Å²) >= 11 is 0. The monoisotopic (exact) mass is 366 g/mol. The van der Waals surface area contributed by atoms with E-state index in [2.05, 4.69) is 51.8 Å². The van der Waals surface area contributed by atoms with Gasteiger partial charge in [0.15, 0.2) is 0 Å². The summed E-state index contributed by atoms with van der Waals surface area (Å²) < 4.78 is 26.9. The summed E-state index contributed by atoms with van der Waals surface area (Å²) in [6.07, 6.45) is 1.15. The van der Waals surface area contributed by atoms with E-state index in [1.807, 2.05) is 10.7 Å². The molecule has 0 bridgehead atoms. The van der Waals surface area contributed by atoms with Crippen molar-refractivity contribution in [3.8, 4) is 0 Å². The minimum absolute atomic E-state index is 0.0385. The van der Waals surface area contributed by atoms with Crippen LogP contribution in [0.4, 0.5) is 0 Å². The van der Waals surface area contributed by atoms with E-state index in [1.54, 1.807) is 0 Å². The van der Waals surface area contributed by atoms with Gasteiger partial charge in [0.2, 0.25) is 10.0 Å². The van der Waals surface area contributed by atoms with Crippen molar-refractivity contribution in [3.63, 3.8) is 0 Å². The number of sulfonamides is 1. The fraction of sp³-hybridized carbons (Fsp3) is 0.625. The van der Waals surface area contributed by atoms with Crippen LogP contribution >= 0.6 is 0 Å². The Morgan fingerprint density at radius 2 is 2.04 bits per heavy atom. The van der Waals surface area contributed by atoms with Crippen LogP contribution in [0.2, 0.25) is 0 Å². The van der Waals surface area contributed by atoms with E-state index < -0.39 is 10.0 Å². The van der Waals surface area contributed by atoms with Gasteiger partial charge < -0.3 is 0 Å². The molecule has 9 heteroatoms. The molecule has 2 aromatic rings. The molecule has 0 amide bonds. The molecular weight excluding hydrogens is 340 g/mol. The normalized spacial score (nSPS) is 16.2. The third-order valence-corrected chi connectivity index (χ3v) is 4.91. The Kier molecular flexibility index (Phi) is 4.74. The molecule has 0 aromatic carbocycles. The summed E-state index contributed by atoms with van der Waals surface area (Å²) in [7, 11) is -3.21. The van der Waals surface area contributed by atoms with E-state index >= 15 is 0 Å². The fourth-order valence-corrected chi connectivity index (χ4v) is 3.28. The van der Waals surface area contributed by atoms with E-state index in [9.17, 15) is 8.42 Å². The maximum atomic E-state index is 11.2.